The minimum Gasteiger partial charge on any atom is -0.492 e. The van der Waals surface area contributed by atoms with Crippen LogP contribution < -0.4 is 15.4 Å². The van der Waals surface area contributed by atoms with Crippen LogP contribution in [0.2, 0.25) is 0 Å². The molecule has 0 spiro atoms. The van der Waals surface area contributed by atoms with Crippen LogP contribution in [0.5, 0.6) is 5.75 Å². The summed E-state index contributed by atoms with van der Waals surface area (Å²) in [6, 6.07) is 7.12. The zero-order valence-electron chi connectivity index (χ0n) is 13.3. The Kier molecular flexibility index (Phi) is 6.95. The van der Waals surface area contributed by atoms with Crippen molar-refractivity contribution < 1.29 is 19.1 Å². The molecule has 0 aliphatic heterocycles. The number of hydrogen-bond donors (Lipinski definition) is 2. The molecule has 0 atom stereocenters. The van der Waals surface area contributed by atoms with Gasteiger partial charge in [0.25, 0.3) is 5.91 Å². The second kappa shape index (κ2) is 8.71. The van der Waals surface area contributed by atoms with E-state index < -0.39 is 11.9 Å². The van der Waals surface area contributed by atoms with Gasteiger partial charge in [-0.1, -0.05) is 12.1 Å². The third kappa shape index (κ3) is 5.47. The van der Waals surface area contributed by atoms with Crippen molar-refractivity contribution >= 4 is 17.6 Å². The van der Waals surface area contributed by atoms with E-state index in [0.29, 0.717) is 18.0 Å². The molecule has 0 aromatic heterocycles. The standard InChI is InChI=1S/C16H22N2O4/c1-5-22-14-9-7-6-8-12(14)18-13(10-15(19)21-4)16(20)17-11(2)3/h6-11,18H,5H2,1-4H3,(H,17,20)/b13-10-. The molecule has 22 heavy (non-hydrogen) atoms. The summed E-state index contributed by atoms with van der Waals surface area (Å²) in [5.41, 5.74) is 0.686. The topological polar surface area (TPSA) is 76.7 Å². The van der Waals surface area contributed by atoms with Crippen molar-refractivity contribution in [3.05, 3.63) is 36.0 Å². The van der Waals surface area contributed by atoms with Gasteiger partial charge in [-0.3, -0.25) is 4.79 Å². The van der Waals surface area contributed by atoms with Gasteiger partial charge in [-0.25, -0.2) is 4.79 Å². The van der Waals surface area contributed by atoms with E-state index in [-0.39, 0.29) is 11.7 Å². The minimum absolute atomic E-state index is 0.0579. The Labute approximate surface area is 130 Å². The van der Waals surface area contributed by atoms with Crippen LogP contribution in [0.4, 0.5) is 5.69 Å². The Bertz CT molecular complexity index is 553. The number of rotatable bonds is 7. The lowest BCUT2D eigenvalue weighted by atomic mass is 10.2. The first-order chi connectivity index (χ1) is 10.5. The zero-order valence-corrected chi connectivity index (χ0v) is 13.3. The van der Waals surface area contributed by atoms with Crippen LogP contribution in [-0.2, 0) is 14.3 Å². The third-order valence-electron chi connectivity index (χ3n) is 2.58. The Morgan fingerprint density at radius 3 is 2.55 bits per heavy atom. The quantitative estimate of drug-likeness (QED) is 0.596. The van der Waals surface area contributed by atoms with Crippen LogP contribution in [0.1, 0.15) is 20.8 Å². The van der Waals surface area contributed by atoms with E-state index in [1.165, 1.54) is 7.11 Å². The minimum atomic E-state index is -0.615. The Balaban J connectivity index is 3.05. The second-order valence-corrected chi connectivity index (χ2v) is 4.76. The first-order valence-corrected chi connectivity index (χ1v) is 7.07. The molecule has 2 N–H and O–H groups in total. The highest BCUT2D eigenvalue weighted by Crippen LogP contribution is 2.25. The molecule has 1 aromatic carbocycles. The number of esters is 1. The normalized spacial score (nSPS) is 11.0. The predicted molar refractivity (Wildman–Crippen MR) is 84.6 cm³/mol. The molecule has 0 radical (unpaired) electrons. The van der Waals surface area contributed by atoms with Gasteiger partial charge in [0.05, 0.1) is 25.5 Å². The largest absolute Gasteiger partial charge is 0.492 e. The molecule has 6 nitrogen and oxygen atoms in total. The number of nitrogens with one attached hydrogen (secondary N) is 2. The zero-order chi connectivity index (χ0) is 16.5. The van der Waals surface area contributed by atoms with E-state index in [2.05, 4.69) is 15.4 Å². The van der Waals surface area contributed by atoms with Gasteiger partial charge in [0.15, 0.2) is 0 Å². The van der Waals surface area contributed by atoms with Gasteiger partial charge in [-0.05, 0) is 32.9 Å². The summed E-state index contributed by atoms with van der Waals surface area (Å²) in [6.07, 6.45) is 1.11. The molecule has 0 saturated heterocycles. The molecule has 120 valence electrons. The highest BCUT2D eigenvalue weighted by Gasteiger charge is 2.15. The fourth-order valence-electron chi connectivity index (χ4n) is 1.67. The van der Waals surface area contributed by atoms with E-state index in [4.69, 9.17) is 4.74 Å². The number of hydrogen-bond acceptors (Lipinski definition) is 5. The van der Waals surface area contributed by atoms with Crippen molar-refractivity contribution in [3.8, 4) is 5.75 Å². The summed E-state index contributed by atoms with van der Waals surface area (Å²) in [4.78, 5) is 23.7. The molecular formula is C16H22N2O4. The first-order valence-electron chi connectivity index (χ1n) is 7.07. The van der Waals surface area contributed by atoms with Crippen LogP contribution in [0.15, 0.2) is 36.0 Å². The molecular weight excluding hydrogens is 284 g/mol. The second-order valence-electron chi connectivity index (χ2n) is 4.76. The number of carbonyl (C=O) groups excluding carboxylic acids is 2. The summed E-state index contributed by atoms with van der Waals surface area (Å²) in [5.74, 6) is -0.417. The van der Waals surface area contributed by atoms with Crippen molar-refractivity contribution in [1.82, 2.24) is 5.32 Å². The maximum atomic E-state index is 12.2. The fraction of sp³-hybridized carbons (Fsp3) is 0.375. The summed E-state index contributed by atoms with van der Waals surface area (Å²) in [6.45, 7) is 6.03. The van der Waals surface area contributed by atoms with Crippen molar-refractivity contribution in [3.63, 3.8) is 0 Å². The van der Waals surface area contributed by atoms with Gasteiger partial charge in [-0.2, -0.15) is 0 Å². The maximum absolute atomic E-state index is 12.2. The van der Waals surface area contributed by atoms with Crippen LogP contribution in [-0.4, -0.2) is 31.6 Å². The Morgan fingerprint density at radius 1 is 1.27 bits per heavy atom. The SMILES string of the molecule is CCOc1ccccc1N/C(=C\C(=O)OC)C(=O)NC(C)C. The summed E-state index contributed by atoms with van der Waals surface area (Å²) >= 11 is 0. The van der Waals surface area contributed by atoms with Crippen molar-refractivity contribution in [2.45, 2.75) is 26.8 Å². The summed E-state index contributed by atoms with van der Waals surface area (Å²) in [7, 11) is 1.25. The predicted octanol–water partition coefficient (Wildman–Crippen LogP) is 2.08. The van der Waals surface area contributed by atoms with Crippen LogP contribution >= 0.6 is 0 Å². The number of carbonyl (C=O) groups is 2. The van der Waals surface area contributed by atoms with Crippen LogP contribution in [0.25, 0.3) is 0 Å². The van der Waals surface area contributed by atoms with Gasteiger partial charge in [0, 0.05) is 6.04 Å². The van der Waals surface area contributed by atoms with Gasteiger partial charge < -0.3 is 20.1 Å². The highest BCUT2D eigenvalue weighted by molar-refractivity contribution is 6.02. The smallest absolute Gasteiger partial charge is 0.332 e. The Morgan fingerprint density at radius 2 is 1.95 bits per heavy atom. The molecule has 1 aromatic rings. The lowest BCUT2D eigenvalue weighted by molar-refractivity contribution is -0.135. The van der Waals surface area contributed by atoms with Gasteiger partial charge in [-0.15, -0.1) is 0 Å². The highest BCUT2D eigenvalue weighted by atomic mass is 16.5. The van der Waals surface area contributed by atoms with E-state index in [9.17, 15) is 9.59 Å². The third-order valence-corrected chi connectivity index (χ3v) is 2.58. The average Bonchev–Trinajstić information content (AvgIpc) is 2.47. The number of ether oxygens (including phenoxy) is 2. The van der Waals surface area contributed by atoms with Crippen LogP contribution in [0.3, 0.4) is 0 Å². The molecule has 0 fully saturated rings. The fourth-order valence-corrected chi connectivity index (χ4v) is 1.67. The Hall–Kier alpha value is -2.50. The lowest BCUT2D eigenvalue weighted by Crippen LogP contribution is -2.34. The van der Waals surface area contributed by atoms with Crippen molar-refractivity contribution in [2.24, 2.45) is 0 Å². The van der Waals surface area contributed by atoms with E-state index in [1.807, 2.05) is 26.8 Å². The van der Waals surface area contributed by atoms with Gasteiger partial charge in [0.2, 0.25) is 0 Å². The summed E-state index contributed by atoms with van der Waals surface area (Å²) in [5, 5.41) is 5.65. The lowest BCUT2D eigenvalue weighted by Gasteiger charge is -2.16. The molecule has 0 aliphatic rings. The molecule has 1 amide bonds. The number of para-hydroxylation sites is 2. The van der Waals surface area contributed by atoms with Gasteiger partial charge in [0.1, 0.15) is 11.4 Å². The molecule has 1 rings (SSSR count). The molecule has 0 bridgehead atoms. The number of benzene rings is 1. The molecule has 0 saturated carbocycles. The van der Waals surface area contributed by atoms with Gasteiger partial charge >= 0.3 is 5.97 Å². The maximum Gasteiger partial charge on any atom is 0.332 e. The number of methoxy groups -OCH3 is 1. The number of anilines is 1. The van der Waals surface area contributed by atoms with Crippen molar-refractivity contribution in [1.29, 1.82) is 0 Å². The average molecular weight is 306 g/mol. The molecule has 0 unspecified atom stereocenters. The summed E-state index contributed by atoms with van der Waals surface area (Å²) < 4.78 is 10.1. The van der Waals surface area contributed by atoms with E-state index in [0.717, 1.165) is 6.08 Å². The molecule has 0 aliphatic carbocycles. The monoisotopic (exact) mass is 306 g/mol. The van der Waals surface area contributed by atoms with Crippen LogP contribution in [0, 0.1) is 0 Å². The number of amides is 1. The molecule has 0 heterocycles. The van der Waals surface area contributed by atoms with E-state index in [1.54, 1.807) is 18.2 Å². The molecule has 6 heteroatoms. The first kappa shape index (κ1) is 17.6. The van der Waals surface area contributed by atoms with E-state index >= 15 is 0 Å². The van der Waals surface area contributed by atoms with Crippen molar-refractivity contribution in [2.75, 3.05) is 19.0 Å².